The Bertz CT molecular complexity index is 951. The van der Waals surface area contributed by atoms with Gasteiger partial charge in [0.25, 0.3) is 0 Å². The van der Waals surface area contributed by atoms with Crippen LogP contribution >= 0.6 is 0 Å². The van der Waals surface area contributed by atoms with E-state index in [9.17, 15) is 9.59 Å². The molecular formula is C20H12N2O2. The molecule has 0 aromatic heterocycles. The number of rotatable bonds is 4. The number of aliphatic imine (C=N–C) groups is 2. The minimum atomic E-state index is 0.537. The van der Waals surface area contributed by atoms with Crippen molar-refractivity contribution >= 4 is 23.5 Å². The van der Waals surface area contributed by atoms with Crippen molar-refractivity contribution in [3.05, 3.63) is 72.8 Å². The fourth-order valence-electron chi connectivity index (χ4n) is 2.53. The molecule has 0 atom stereocenters. The number of carbonyl (C=O) groups excluding carboxylic acids is 2. The van der Waals surface area contributed by atoms with Crippen LogP contribution in [0.1, 0.15) is 0 Å². The van der Waals surface area contributed by atoms with E-state index >= 15 is 0 Å². The van der Waals surface area contributed by atoms with Gasteiger partial charge in [-0.2, -0.15) is 9.98 Å². The average molecular weight is 312 g/mol. The maximum atomic E-state index is 10.6. The van der Waals surface area contributed by atoms with Gasteiger partial charge in [0, 0.05) is 0 Å². The molecule has 4 heteroatoms. The first kappa shape index (κ1) is 15.3. The molecule has 0 radical (unpaired) electrons. The molecule has 0 fully saturated rings. The van der Waals surface area contributed by atoms with Crippen LogP contribution in [0, 0.1) is 0 Å². The second-order valence-electron chi connectivity index (χ2n) is 5.05. The van der Waals surface area contributed by atoms with Crippen LogP contribution in [-0.2, 0) is 9.59 Å². The SMILES string of the molecule is O=C=Nc1ccc(-c2cc(N=C=O)ccc2-c2ccccc2)cc1. The summed E-state index contributed by atoms with van der Waals surface area (Å²) in [6, 6.07) is 22.7. The van der Waals surface area contributed by atoms with Crippen LogP contribution < -0.4 is 0 Å². The maximum absolute atomic E-state index is 10.6. The van der Waals surface area contributed by atoms with Gasteiger partial charge in [-0.1, -0.05) is 48.5 Å². The molecule has 4 nitrogen and oxygen atoms in total. The van der Waals surface area contributed by atoms with E-state index in [1.165, 1.54) is 6.08 Å². The summed E-state index contributed by atoms with van der Waals surface area (Å²) < 4.78 is 0. The van der Waals surface area contributed by atoms with E-state index in [0.717, 1.165) is 22.3 Å². The van der Waals surface area contributed by atoms with Gasteiger partial charge in [-0.3, -0.25) is 0 Å². The van der Waals surface area contributed by atoms with Crippen LogP contribution in [0.3, 0.4) is 0 Å². The number of benzene rings is 3. The number of isocyanates is 2. The normalized spacial score (nSPS) is 9.67. The quantitative estimate of drug-likeness (QED) is 0.505. The van der Waals surface area contributed by atoms with Crippen molar-refractivity contribution in [3.63, 3.8) is 0 Å². The highest BCUT2D eigenvalue weighted by molar-refractivity contribution is 5.86. The van der Waals surface area contributed by atoms with E-state index in [4.69, 9.17) is 0 Å². The van der Waals surface area contributed by atoms with Crippen molar-refractivity contribution in [2.24, 2.45) is 9.98 Å². The van der Waals surface area contributed by atoms with Gasteiger partial charge >= 0.3 is 0 Å². The second kappa shape index (κ2) is 7.12. The van der Waals surface area contributed by atoms with Crippen molar-refractivity contribution in [2.75, 3.05) is 0 Å². The summed E-state index contributed by atoms with van der Waals surface area (Å²) in [6.07, 6.45) is 3.09. The van der Waals surface area contributed by atoms with Gasteiger partial charge in [0.2, 0.25) is 12.2 Å². The zero-order valence-corrected chi connectivity index (χ0v) is 12.6. The highest BCUT2D eigenvalue weighted by Crippen LogP contribution is 2.35. The Labute approximate surface area is 138 Å². The van der Waals surface area contributed by atoms with Crippen molar-refractivity contribution in [3.8, 4) is 22.3 Å². The van der Waals surface area contributed by atoms with E-state index in [0.29, 0.717) is 11.4 Å². The average Bonchev–Trinajstić information content (AvgIpc) is 2.64. The standard InChI is InChI=1S/C20H12N2O2/c23-13-21-17-8-6-16(7-9-17)20-12-18(22-14-24)10-11-19(20)15-4-2-1-3-5-15/h1-12H. The van der Waals surface area contributed by atoms with Gasteiger partial charge in [0.1, 0.15) is 0 Å². The van der Waals surface area contributed by atoms with Crippen LogP contribution in [0.15, 0.2) is 82.8 Å². The van der Waals surface area contributed by atoms with Crippen LogP contribution in [0.4, 0.5) is 11.4 Å². The van der Waals surface area contributed by atoms with Crippen molar-refractivity contribution < 1.29 is 9.59 Å². The Morgan fingerprint density at radius 3 is 1.83 bits per heavy atom. The topological polar surface area (TPSA) is 58.9 Å². The zero-order chi connectivity index (χ0) is 16.8. The molecule has 0 N–H and O–H groups in total. The van der Waals surface area contributed by atoms with Gasteiger partial charge in [-0.05, 0) is 46.5 Å². The summed E-state index contributed by atoms with van der Waals surface area (Å²) in [7, 11) is 0. The predicted octanol–water partition coefficient (Wildman–Crippen LogP) is 4.96. The Hall–Kier alpha value is -3.58. The van der Waals surface area contributed by atoms with Gasteiger partial charge in [0.15, 0.2) is 0 Å². The molecule has 0 aliphatic heterocycles. The highest BCUT2D eigenvalue weighted by Gasteiger charge is 2.09. The molecule has 0 amide bonds. The maximum Gasteiger partial charge on any atom is 0.240 e. The fourth-order valence-corrected chi connectivity index (χ4v) is 2.53. The number of hydrogen-bond acceptors (Lipinski definition) is 4. The minimum absolute atomic E-state index is 0.537. The van der Waals surface area contributed by atoms with Crippen LogP contribution in [0.2, 0.25) is 0 Å². The summed E-state index contributed by atoms with van der Waals surface area (Å²) >= 11 is 0. The van der Waals surface area contributed by atoms with Gasteiger partial charge in [-0.25, -0.2) is 9.59 Å². The molecule has 0 unspecified atom stereocenters. The lowest BCUT2D eigenvalue weighted by Gasteiger charge is -2.11. The van der Waals surface area contributed by atoms with Crippen molar-refractivity contribution in [1.29, 1.82) is 0 Å². The summed E-state index contributed by atoms with van der Waals surface area (Å²) in [5.74, 6) is 0. The molecule has 3 aromatic rings. The number of hydrogen-bond donors (Lipinski definition) is 0. The third-order valence-electron chi connectivity index (χ3n) is 3.62. The molecule has 0 saturated heterocycles. The lowest BCUT2D eigenvalue weighted by atomic mass is 9.94. The highest BCUT2D eigenvalue weighted by atomic mass is 16.1. The molecule has 0 aliphatic rings. The lowest BCUT2D eigenvalue weighted by Crippen LogP contribution is -1.85. The van der Waals surface area contributed by atoms with Crippen LogP contribution in [0.25, 0.3) is 22.3 Å². The third kappa shape index (κ3) is 3.26. The molecule has 114 valence electrons. The zero-order valence-electron chi connectivity index (χ0n) is 12.6. The van der Waals surface area contributed by atoms with Gasteiger partial charge in [0.05, 0.1) is 11.4 Å². The van der Waals surface area contributed by atoms with E-state index < -0.39 is 0 Å². The molecule has 0 heterocycles. The molecule has 0 saturated carbocycles. The third-order valence-corrected chi connectivity index (χ3v) is 3.62. The molecule has 3 rings (SSSR count). The van der Waals surface area contributed by atoms with Crippen molar-refractivity contribution in [1.82, 2.24) is 0 Å². The Kier molecular flexibility index (Phi) is 4.55. The summed E-state index contributed by atoms with van der Waals surface area (Å²) in [5, 5.41) is 0. The smallest absolute Gasteiger partial charge is 0.211 e. The van der Waals surface area contributed by atoms with Crippen LogP contribution in [-0.4, -0.2) is 12.2 Å². The van der Waals surface area contributed by atoms with E-state index in [1.807, 2.05) is 54.6 Å². The number of nitrogens with zero attached hydrogens (tertiary/aromatic N) is 2. The van der Waals surface area contributed by atoms with Gasteiger partial charge < -0.3 is 0 Å². The van der Waals surface area contributed by atoms with E-state index in [-0.39, 0.29) is 0 Å². The van der Waals surface area contributed by atoms with E-state index in [2.05, 4.69) is 9.98 Å². The molecule has 0 bridgehead atoms. The first-order valence-corrected chi connectivity index (χ1v) is 7.27. The minimum Gasteiger partial charge on any atom is -0.211 e. The van der Waals surface area contributed by atoms with Crippen molar-refractivity contribution in [2.45, 2.75) is 0 Å². The first-order chi connectivity index (χ1) is 11.8. The molecule has 24 heavy (non-hydrogen) atoms. The predicted molar refractivity (Wildman–Crippen MR) is 92.9 cm³/mol. The largest absolute Gasteiger partial charge is 0.240 e. The Morgan fingerprint density at radius 2 is 1.17 bits per heavy atom. The fraction of sp³-hybridized carbons (Fsp3) is 0. The Morgan fingerprint density at radius 1 is 0.583 bits per heavy atom. The molecule has 0 spiro atoms. The molecule has 0 aliphatic carbocycles. The summed E-state index contributed by atoms with van der Waals surface area (Å²) in [4.78, 5) is 28.2. The first-order valence-electron chi connectivity index (χ1n) is 7.27. The molecule has 3 aromatic carbocycles. The summed E-state index contributed by atoms with van der Waals surface area (Å²) in [6.45, 7) is 0. The Balaban J connectivity index is 2.17. The monoisotopic (exact) mass is 312 g/mol. The second-order valence-corrected chi connectivity index (χ2v) is 5.05. The van der Waals surface area contributed by atoms with Gasteiger partial charge in [-0.15, -0.1) is 0 Å². The molecular weight excluding hydrogens is 300 g/mol. The van der Waals surface area contributed by atoms with E-state index in [1.54, 1.807) is 24.3 Å². The summed E-state index contributed by atoms with van der Waals surface area (Å²) in [5.41, 5.74) is 5.02. The lowest BCUT2D eigenvalue weighted by molar-refractivity contribution is 0.564. The van der Waals surface area contributed by atoms with Crippen LogP contribution in [0.5, 0.6) is 0 Å².